The van der Waals surface area contributed by atoms with E-state index in [2.05, 4.69) is 36.0 Å². The Kier molecular flexibility index (Phi) is 8.94. The molecule has 0 fully saturated rings. The monoisotopic (exact) mass is 234 g/mol. The molecule has 1 aliphatic heterocycles. The lowest BCUT2D eigenvalue weighted by atomic mass is 10.2. The van der Waals surface area contributed by atoms with Crippen molar-refractivity contribution < 1.29 is 0 Å². The lowest BCUT2D eigenvalue weighted by molar-refractivity contribution is 0.292. The molecule has 2 heteroatoms. The number of nitrogens with one attached hydrogen (secondary N) is 1. The van der Waals surface area contributed by atoms with Crippen LogP contribution in [0.15, 0.2) is 48.9 Å². The Balaban J connectivity index is 0.00000121. The van der Waals surface area contributed by atoms with E-state index in [1.807, 2.05) is 45.2 Å². The van der Waals surface area contributed by atoms with Crippen LogP contribution in [0.2, 0.25) is 0 Å². The number of hydrogen-bond donors (Lipinski definition) is 1. The van der Waals surface area contributed by atoms with E-state index in [9.17, 15) is 0 Å². The minimum Gasteiger partial charge on any atom is -0.370 e. The molecule has 1 rings (SSSR count). The first-order valence-corrected chi connectivity index (χ1v) is 6.44. The van der Waals surface area contributed by atoms with Crippen molar-refractivity contribution in [1.82, 2.24) is 10.2 Å². The van der Waals surface area contributed by atoms with Gasteiger partial charge in [-0.25, -0.2) is 0 Å². The van der Waals surface area contributed by atoms with Crippen molar-refractivity contribution in [2.75, 3.05) is 6.54 Å². The Morgan fingerprint density at radius 3 is 2.71 bits per heavy atom. The van der Waals surface area contributed by atoms with Gasteiger partial charge in [0.05, 0.1) is 6.17 Å². The minimum absolute atomic E-state index is 0.430. The van der Waals surface area contributed by atoms with E-state index in [0.29, 0.717) is 6.17 Å². The standard InChI is InChI=1S/C13H20N2.C2H6/c1-4-7-8-12(5-2)11-15-10-9-14-13(15)6-3;1-2/h4-5,7-10,13-14H,2,6,11H2,1,3H3;1-2H3/b7-4-,12-8+;. The molecule has 1 N–H and O–H groups in total. The van der Waals surface area contributed by atoms with Crippen molar-refractivity contribution in [3.63, 3.8) is 0 Å². The third kappa shape index (κ3) is 5.43. The summed E-state index contributed by atoms with van der Waals surface area (Å²) in [6.45, 7) is 12.9. The highest BCUT2D eigenvalue weighted by atomic mass is 15.3. The molecule has 1 atom stereocenters. The van der Waals surface area contributed by atoms with Crippen LogP contribution in [0.3, 0.4) is 0 Å². The first kappa shape index (κ1) is 15.6. The molecule has 1 aliphatic rings. The summed E-state index contributed by atoms with van der Waals surface area (Å²) >= 11 is 0. The summed E-state index contributed by atoms with van der Waals surface area (Å²) in [7, 11) is 0. The molecule has 0 saturated heterocycles. The molecule has 2 nitrogen and oxygen atoms in total. The van der Waals surface area contributed by atoms with E-state index >= 15 is 0 Å². The van der Waals surface area contributed by atoms with Crippen LogP contribution in [0.4, 0.5) is 0 Å². The zero-order valence-corrected chi connectivity index (χ0v) is 11.6. The Hall–Kier alpha value is -1.44. The van der Waals surface area contributed by atoms with Gasteiger partial charge in [0.1, 0.15) is 0 Å². The zero-order valence-electron chi connectivity index (χ0n) is 11.6. The number of allylic oxidation sites excluding steroid dienone is 3. The fourth-order valence-electron chi connectivity index (χ4n) is 1.58. The van der Waals surface area contributed by atoms with Crippen molar-refractivity contribution in [2.45, 2.75) is 40.3 Å². The van der Waals surface area contributed by atoms with Gasteiger partial charge < -0.3 is 10.2 Å². The van der Waals surface area contributed by atoms with Gasteiger partial charge in [0.25, 0.3) is 0 Å². The molecule has 1 heterocycles. The molecule has 96 valence electrons. The van der Waals surface area contributed by atoms with Gasteiger partial charge in [-0.3, -0.25) is 0 Å². The average molecular weight is 234 g/mol. The second kappa shape index (κ2) is 9.76. The zero-order chi connectivity index (χ0) is 13.1. The second-order valence-electron chi connectivity index (χ2n) is 3.55. The molecule has 0 saturated carbocycles. The van der Waals surface area contributed by atoms with E-state index in [-0.39, 0.29) is 0 Å². The van der Waals surface area contributed by atoms with Gasteiger partial charge in [-0.1, -0.05) is 51.7 Å². The predicted octanol–water partition coefficient (Wildman–Crippen LogP) is 3.81. The Labute approximate surface area is 106 Å². The molecule has 0 aromatic carbocycles. The van der Waals surface area contributed by atoms with E-state index in [4.69, 9.17) is 0 Å². The van der Waals surface area contributed by atoms with Crippen molar-refractivity contribution in [2.24, 2.45) is 0 Å². The largest absolute Gasteiger partial charge is 0.370 e. The maximum absolute atomic E-state index is 3.83. The van der Waals surface area contributed by atoms with E-state index in [0.717, 1.165) is 13.0 Å². The van der Waals surface area contributed by atoms with Crippen molar-refractivity contribution in [3.05, 3.63) is 48.9 Å². The second-order valence-corrected chi connectivity index (χ2v) is 3.55. The maximum atomic E-state index is 3.83. The van der Waals surface area contributed by atoms with E-state index in [1.165, 1.54) is 5.57 Å². The lowest BCUT2D eigenvalue weighted by Crippen LogP contribution is -2.35. The molecule has 0 amide bonds. The van der Waals surface area contributed by atoms with Crippen LogP contribution in [-0.4, -0.2) is 17.6 Å². The summed E-state index contributed by atoms with van der Waals surface area (Å²) in [6.07, 6.45) is 13.7. The van der Waals surface area contributed by atoms with Gasteiger partial charge in [0.15, 0.2) is 0 Å². The molecule has 1 unspecified atom stereocenters. The molecule has 0 radical (unpaired) electrons. The first-order chi connectivity index (χ1) is 8.31. The summed E-state index contributed by atoms with van der Waals surface area (Å²) in [5, 5.41) is 3.31. The van der Waals surface area contributed by atoms with E-state index in [1.54, 1.807) is 0 Å². The summed E-state index contributed by atoms with van der Waals surface area (Å²) in [5.74, 6) is 0. The molecule has 0 spiro atoms. The summed E-state index contributed by atoms with van der Waals surface area (Å²) in [4.78, 5) is 2.29. The first-order valence-electron chi connectivity index (χ1n) is 6.44. The van der Waals surface area contributed by atoms with Crippen LogP contribution in [-0.2, 0) is 0 Å². The summed E-state index contributed by atoms with van der Waals surface area (Å²) in [5.41, 5.74) is 1.24. The SMILES string of the molecule is C=C/C(=C\C=C/C)CN1C=CNC1CC.CC. The Morgan fingerprint density at radius 1 is 1.47 bits per heavy atom. The van der Waals surface area contributed by atoms with Crippen LogP contribution in [0.25, 0.3) is 0 Å². The Morgan fingerprint density at radius 2 is 2.18 bits per heavy atom. The van der Waals surface area contributed by atoms with Crippen molar-refractivity contribution >= 4 is 0 Å². The average Bonchev–Trinajstić information content (AvgIpc) is 2.84. The van der Waals surface area contributed by atoms with Crippen LogP contribution in [0.1, 0.15) is 34.1 Å². The summed E-state index contributed by atoms with van der Waals surface area (Å²) < 4.78 is 0. The van der Waals surface area contributed by atoms with Gasteiger partial charge in [-0.2, -0.15) is 0 Å². The van der Waals surface area contributed by atoms with Crippen LogP contribution in [0.5, 0.6) is 0 Å². The number of hydrogen-bond acceptors (Lipinski definition) is 2. The smallest absolute Gasteiger partial charge is 0.0982 e. The molecule has 0 aliphatic carbocycles. The fourth-order valence-corrected chi connectivity index (χ4v) is 1.58. The van der Waals surface area contributed by atoms with Crippen LogP contribution < -0.4 is 5.32 Å². The topological polar surface area (TPSA) is 15.3 Å². The summed E-state index contributed by atoms with van der Waals surface area (Å²) in [6, 6.07) is 0. The quantitative estimate of drug-likeness (QED) is 0.728. The number of nitrogens with zero attached hydrogens (tertiary/aromatic N) is 1. The fraction of sp³-hybridized carbons (Fsp3) is 0.467. The molecule has 0 aromatic heterocycles. The highest BCUT2D eigenvalue weighted by molar-refractivity contribution is 5.24. The lowest BCUT2D eigenvalue weighted by Gasteiger charge is -2.24. The predicted molar refractivity (Wildman–Crippen MR) is 77.5 cm³/mol. The van der Waals surface area contributed by atoms with Gasteiger partial charge in [-0.05, 0) is 18.9 Å². The molecular formula is C15H26N2. The maximum Gasteiger partial charge on any atom is 0.0982 e. The van der Waals surface area contributed by atoms with Gasteiger partial charge in [-0.15, -0.1) is 0 Å². The van der Waals surface area contributed by atoms with Crippen molar-refractivity contribution in [3.8, 4) is 0 Å². The number of rotatable bonds is 5. The van der Waals surface area contributed by atoms with Gasteiger partial charge >= 0.3 is 0 Å². The third-order valence-corrected chi connectivity index (χ3v) is 2.47. The Bertz CT molecular complexity index is 287. The van der Waals surface area contributed by atoms with Crippen LogP contribution >= 0.6 is 0 Å². The van der Waals surface area contributed by atoms with E-state index < -0.39 is 0 Å². The third-order valence-electron chi connectivity index (χ3n) is 2.47. The molecule has 17 heavy (non-hydrogen) atoms. The highest BCUT2D eigenvalue weighted by Crippen LogP contribution is 2.11. The van der Waals surface area contributed by atoms with Crippen LogP contribution in [0, 0.1) is 0 Å². The normalized spacial score (nSPS) is 18.9. The molecular weight excluding hydrogens is 208 g/mol. The minimum atomic E-state index is 0.430. The van der Waals surface area contributed by atoms with Gasteiger partial charge in [0.2, 0.25) is 0 Å². The molecule has 0 aromatic rings. The van der Waals surface area contributed by atoms with Gasteiger partial charge in [0, 0.05) is 18.9 Å². The molecule has 0 bridgehead atoms. The van der Waals surface area contributed by atoms with Crippen molar-refractivity contribution in [1.29, 1.82) is 0 Å². The highest BCUT2D eigenvalue weighted by Gasteiger charge is 2.15.